The molecule has 1 aromatic carbocycles. The smallest absolute Gasteiger partial charge is 0.233 e. The number of aromatic nitrogens is 4. The molecule has 0 saturated heterocycles. The van der Waals surface area contributed by atoms with Crippen molar-refractivity contribution >= 4 is 17.5 Å². The third-order valence-corrected chi connectivity index (χ3v) is 5.69. The van der Waals surface area contributed by atoms with E-state index >= 15 is 0 Å². The number of carbonyl (C=O) groups is 1. The average molecular weight is 374 g/mol. The second-order valence-electron chi connectivity index (χ2n) is 7.55. The third kappa shape index (κ3) is 2.93. The molecule has 0 unspecified atom stereocenters. The first-order chi connectivity index (χ1) is 13.7. The van der Waals surface area contributed by atoms with Crippen LogP contribution in [-0.4, -0.2) is 25.8 Å². The fourth-order valence-electron chi connectivity index (χ4n) is 4.17. The van der Waals surface area contributed by atoms with E-state index in [4.69, 9.17) is 5.73 Å². The number of amides is 1. The first kappa shape index (κ1) is 16.9. The summed E-state index contributed by atoms with van der Waals surface area (Å²) in [5.41, 5.74) is 9.06. The van der Waals surface area contributed by atoms with Gasteiger partial charge in [-0.05, 0) is 18.4 Å². The van der Waals surface area contributed by atoms with Crippen LogP contribution in [0.5, 0.6) is 0 Å². The molecule has 0 bridgehead atoms. The summed E-state index contributed by atoms with van der Waals surface area (Å²) in [7, 11) is 0. The fraction of sp³-hybridized carbons (Fsp3) is 0.333. The number of nitrogen functional groups attached to an aromatic ring is 1. The van der Waals surface area contributed by atoms with Crippen LogP contribution in [0.4, 0.5) is 11.6 Å². The maximum Gasteiger partial charge on any atom is 0.233 e. The van der Waals surface area contributed by atoms with Crippen molar-refractivity contribution in [3.63, 3.8) is 0 Å². The summed E-state index contributed by atoms with van der Waals surface area (Å²) < 4.78 is 0. The zero-order valence-electron chi connectivity index (χ0n) is 15.6. The number of hydrogen-bond acceptors (Lipinski definition) is 5. The molecular formula is C21H22N6O. The standard InChI is InChI=1S/C21H22N6O/c22-18-15-10-17(28)27(12-13-6-2-1-3-7-13)21(15)26-20(25-18)19-23-11-16(24-19)14-8-4-5-9-14/h1-3,6-7,11,14H,4-5,8-10,12H2,(H,23,24)(H2,22,25,26). The van der Waals surface area contributed by atoms with Gasteiger partial charge in [-0.2, -0.15) is 0 Å². The van der Waals surface area contributed by atoms with Crippen LogP contribution in [0.2, 0.25) is 0 Å². The normalized spacial score (nSPS) is 16.7. The molecule has 2 aliphatic rings. The highest BCUT2D eigenvalue weighted by atomic mass is 16.2. The van der Waals surface area contributed by atoms with E-state index in [1.807, 2.05) is 36.5 Å². The Morgan fingerprint density at radius 2 is 1.93 bits per heavy atom. The largest absolute Gasteiger partial charge is 0.383 e. The summed E-state index contributed by atoms with van der Waals surface area (Å²) in [5.74, 6) is 2.51. The van der Waals surface area contributed by atoms with Gasteiger partial charge in [-0.1, -0.05) is 43.2 Å². The SMILES string of the molecule is Nc1nc(-c2ncc(C3CCCC3)[nH]2)nc2c1CC(=O)N2Cc1ccccc1. The van der Waals surface area contributed by atoms with Gasteiger partial charge in [-0.25, -0.2) is 15.0 Å². The molecule has 3 heterocycles. The van der Waals surface area contributed by atoms with Crippen LogP contribution in [0, 0.1) is 0 Å². The Bertz CT molecular complexity index is 1020. The van der Waals surface area contributed by atoms with Crippen LogP contribution >= 0.6 is 0 Å². The Morgan fingerprint density at radius 3 is 2.71 bits per heavy atom. The average Bonchev–Trinajstić information content (AvgIpc) is 3.44. The highest BCUT2D eigenvalue weighted by Crippen LogP contribution is 2.35. The number of hydrogen-bond donors (Lipinski definition) is 2. The van der Waals surface area contributed by atoms with E-state index in [0.29, 0.717) is 41.3 Å². The third-order valence-electron chi connectivity index (χ3n) is 5.69. The number of carbonyl (C=O) groups excluding carboxylic acids is 1. The van der Waals surface area contributed by atoms with Crippen LogP contribution in [0.3, 0.4) is 0 Å². The molecule has 1 aliphatic heterocycles. The lowest BCUT2D eigenvalue weighted by Gasteiger charge is -2.17. The molecule has 1 saturated carbocycles. The van der Waals surface area contributed by atoms with Gasteiger partial charge in [-0.15, -0.1) is 0 Å². The number of rotatable bonds is 4. The van der Waals surface area contributed by atoms with Crippen molar-refractivity contribution in [2.24, 2.45) is 0 Å². The quantitative estimate of drug-likeness (QED) is 0.730. The minimum Gasteiger partial charge on any atom is -0.383 e. The molecule has 1 amide bonds. The van der Waals surface area contributed by atoms with Crippen LogP contribution in [0.15, 0.2) is 36.5 Å². The lowest BCUT2D eigenvalue weighted by Crippen LogP contribution is -2.26. The molecule has 0 spiro atoms. The van der Waals surface area contributed by atoms with Crippen molar-refractivity contribution in [3.8, 4) is 11.6 Å². The number of fused-ring (bicyclic) bond motifs is 1. The second kappa shape index (κ2) is 6.74. The van der Waals surface area contributed by atoms with E-state index in [1.54, 1.807) is 4.90 Å². The van der Waals surface area contributed by atoms with Crippen molar-refractivity contribution in [2.75, 3.05) is 10.6 Å². The molecule has 142 valence electrons. The van der Waals surface area contributed by atoms with Gasteiger partial charge in [0.1, 0.15) is 11.6 Å². The molecular weight excluding hydrogens is 352 g/mol. The maximum absolute atomic E-state index is 12.6. The summed E-state index contributed by atoms with van der Waals surface area (Å²) in [6, 6.07) is 9.88. The van der Waals surface area contributed by atoms with Crippen LogP contribution in [0.1, 0.15) is 48.4 Å². The second-order valence-corrected chi connectivity index (χ2v) is 7.55. The van der Waals surface area contributed by atoms with Gasteiger partial charge < -0.3 is 10.7 Å². The lowest BCUT2D eigenvalue weighted by molar-refractivity contribution is -0.117. The topological polar surface area (TPSA) is 101 Å². The molecule has 1 fully saturated rings. The Morgan fingerprint density at radius 1 is 1.14 bits per heavy atom. The Kier molecular flexibility index (Phi) is 4.07. The van der Waals surface area contributed by atoms with Gasteiger partial charge in [0.05, 0.1) is 13.0 Å². The summed E-state index contributed by atoms with van der Waals surface area (Å²) >= 11 is 0. The molecule has 1 aliphatic carbocycles. The van der Waals surface area contributed by atoms with Crippen molar-refractivity contribution in [3.05, 3.63) is 53.3 Å². The van der Waals surface area contributed by atoms with Gasteiger partial charge >= 0.3 is 0 Å². The van der Waals surface area contributed by atoms with Gasteiger partial charge in [0.15, 0.2) is 11.6 Å². The van der Waals surface area contributed by atoms with Gasteiger partial charge in [0.2, 0.25) is 5.91 Å². The lowest BCUT2D eigenvalue weighted by atomic mass is 10.1. The van der Waals surface area contributed by atoms with E-state index in [1.165, 1.54) is 25.7 Å². The van der Waals surface area contributed by atoms with Crippen molar-refractivity contribution in [1.29, 1.82) is 0 Å². The molecule has 7 nitrogen and oxygen atoms in total. The maximum atomic E-state index is 12.6. The molecule has 0 radical (unpaired) electrons. The number of nitrogens with two attached hydrogens (primary N) is 1. The van der Waals surface area contributed by atoms with E-state index in [0.717, 1.165) is 11.3 Å². The predicted molar refractivity (Wildman–Crippen MR) is 107 cm³/mol. The van der Waals surface area contributed by atoms with Crippen LogP contribution in [-0.2, 0) is 17.8 Å². The molecule has 2 aromatic heterocycles. The van der Waals surface area contributed by atoms with Crippen molar-refractivity contribution in [1.82, 2.24) is 19.9 Å². The van der Waals surface area contributed by atoms with Crippen molar-refractivity contribution in [2.45, 2.75) is 44.6 Å². The van der Waals surface area contributed by atoms with Gasteiger partial charge in [0.25, 0.3) is 0 Å². The van der Waals surface area contributed by atoms with Crippen molar-refractivity contribution < 1.29 is 4.79 Å². The van der Waals surface area contributed by atoms with Crippen LogP contribution < -0.4 is 10.6 Å². The first-order valence-electron chi connectivity index (χ1n) is 9.75. The van der Waals surface area contributed by atoms with E-state index in [-0.39, 0.29) is 12.3 Å². The summed E-state index contributed by atoms with van der Waals surface area (Å²) in [6.07, 6.45) is 7.02. The van der Waals surface area contributed by atoms with E-state index < -0.39 is 0 Å². The zero-order valence-corrected chi connectivity index (χ0v) is 15.6. The Hall–Kier alpha value is -3.22. The number of nitrogens with zero attached hydrogens (tertiary/aromatic N) is 4. The van der Waals surface area contributed by atoms with Crippen LogP contribution in [0.25, 0.3) is 11.6 Å². The first-order valence-corrected chi connectivity index (χ1v) is 9.75. The van der Waals surface area contributed by atoms with Gasteiger partial charge in [-0.3, -0.25) is 9.69 Å². The number of aromatic amines is 1. The number of benzene rings is 1. The molecule has 7 heteroatoms. The molecule has 28 heavy (non-hydrogen) atoms. The Balaban J connectivity index is 1.49. The number of nitrogens with one attached hydrogen (secondary N) is 1. The zero-order chi connectivity index (χ0) is 19.1. The predicted octanol–water partition coefficient (Wildman–Crippen LogP) is 3.20. The summed E-state index contributed by atoms with van der Waals surface area (Å²) in [5, 5.41) is 0. The molecule has 5 rings (SSSR count). The fourth-order valence-corrected chi connectivity index (χ4v) is 4.17. The minimum atomic E-state index is -0.0110. The number of imidazole rings is 1. The molecule has 3 N–H and O–H groups in total. The number of anilines is 2. The highest BCUT2D eigenvalue weighted by molar-refractivity contribution is 6.01. The highest BCUT2D eigenvalue weighted by Gasteiger charge is 2.32. The minimum absolute atomic E-state index is 0.0110. The molecule has 0 atom stereocenters. The summed E-state index contributed by atoms with van der Waals surface area (Å²) in [4.78, 5) is 31.2. The van der Waals surface area contributed by atoms with E-state index in [9.17, 15) is 4.79 Å². The monoisotopic (exact) mass is 374 g/mol. The summed E-state index contributed by atoms with van der Waals surface area (Å²) in [6.45, 7) is 0.466. The van der Waals surface area contributed by atoms with E-state index in [2.05, 4.69) is 19.9 Å². The van der Waals surface area contributed by atoms with Gasteiger partial charge in [0, 0.05) is 23.4 Å². The number of H-pyrrole nitrogens is 1. The molecule has 3 aromatic rings. The Labute approximate surface area is 163 Å².